The highest BCUT2D eigenvalue weighted by atomic mass is 32.1. The molecule has 0 fully saturated rings. The van der Waals surface area contributed by atoms with Gasteiger partial charge in [0.15, 0.2) is 0 Å². The zero-order valence-corrected chi connectivity index (χ0v) is 11.9. The Balaban J connectivity index is 2.54. The molecule has 0 aliphatic rings. The van der Waals surface area contributed by atoms with Gasteiger partial charge in [0, 0.05) is 24.1 Å². The fraction of sp³-hybridized carbons (Fsp3) is 0.308. The molecule has 0 spiro atoms. The fourth-order valence-corrected chi connectivity index (χ4v) is 1.60. The maximum Gasteiger partial charge on any atom is 0.309 e. The SMILES string of the molecule is N=N/C(=C\Nc1ccc(NCCCS)cc1)CC(=O)O. The van der Waals surface area contributed by atoms with Crippen LogP contribution in [0.25, 0.3) is 0 Å². The van der Waals surface area contributed by atoms with Crippen molar-refractivity contribution >= 4 is 30.0 Å². The summed E-state index contributed by atoms with van der Waals surface area (Å²) in [6, 6.07) is 7.57. The molecule has 0 radical (unpaired) electrons. The van der Waals surface area contributed by atoms with Crippen molar-refractivity contribution in [1.82, 2.24) is 0 Å². The minimum Gasteiger partial charge on any atom is -0.481 e. The molecule has 0 amide bonds. The van der Waals surface area contributed by atoms with Crippen molar-refractivity contribution in [1.29, 1.82) is 5.53 Å². The highest BCUT2D eigenvalue weighted by Gasteiger charge is 2.02. The van der Waals surface area contributed by atoms with Crippen molar-refractivity contribution in [2.75, 3.05) is 22.9 Å². The topological polar surface area (TPSA) is 97.6 Å². The van der Waals surface area contributed by atoms with Crippen LogP contribution < -0.4 is 10.6 Å². The van der Waals surface area contributed by atoms with Crippen LogP contribution in [0.15, 0.2) is 41.3 Å². The van der Waals surface area contributed by atoms with Gasteiger partial charge < -0.3 is 15.7 Å². The van der Waals surface area contributed by atoms with Crippen molar-refractivity contribution in [3.63, 3.8) is 0 Å². The molecule has 0 bridgehead atoms. The van der Waals surface area contributed by atoms with Crippen molar-refractivity contribution in [2.45, 2.75) is 12.8 Å². The first-order chi connectivity index (χ1) is 9.65. The molecular weight excluding hydrogens is 276 g/mol. The van der Waals surface area contributed by atoms with E-state index < -0.39 is 5.97 Å². The summed E-state index contributed by atoms with van der Waals surface area (Å²) in [5.41, 5.74) is 8.86. The van der Waals surface area contributed by atoms with Gasteiger partial charge in [-0.3, -0.25) is 4.79 Å². The second-order valence-electron chi connectivity index (χ2n) is 4.04. The van der Waals surface area contributed by atoms with Crippen LogP contribution in [0.2, 0.25) is 0 Å². The molecule has 1 aromatic rings. The van der Waals surface area contributed by atoms with Crippen LogP contribution >= 0.6 is 12.6 Å². The lowest BCUT2D eigenvalue weighted by molar-refractivity contribution is -0.136. The number of carbonyl (C=O) groups is 1. The summed E-state index contributed by atoms with van der Waals surface area (Å²) in [7, 11) is 0. The summed E-state index contributed by atoms with van der Waals surface area (Å²) in [5, 5.41) is 18.0. The van der Waals surface area contributed by atoms with Crippen molar-refractivity contribution in [2.24, 2.45) is 5.11 Å². The van der Waals surface area contributed by atoms with E-state index in [0.29, 0.717) is 0 Å². The van der Waals surface area contributed by atoms with Gasteiger partial charge in [0.25, 0.3) is 0 Å². The van der Waals surface area contributed by atoms with Crippen LogP contribution in [0.4, 0.5) is 11.4 Å². The maximum absolute atomic E-state index is 10.5. The van der Waals surface area contributed by atoms with Crippen LogP contribution in [-0.2, 0) is 4.79 Å². The number of benzene rings is 1. The van der Waals surface area contributed by atoms with E-state index in [4.69, 9.17) is 10.6 Å². The third-order valence-electron chi connectivity index (χ3n) is 2.43. The van der Waals surface area contributed by atoms with Gasteiger partial charge in [0.2, 0.25) is 0 Å². The van der Waals surface area contributed by atoms with Gasteiger partial charge in [0.1, 0.15) is 0 Å². The van der Waals surface area contributed by atoms with Gasteiger partial charge in [-0.15, -0.1) is 0 Å². The van der Waals surface area contributed by atoms with Crippen LogP contribution in [-0.4, -0.2) is 23.4 Å². The average Bonchev–Trinajstić information content (AvgIpc) is 2.44. The number of thiol groups is 1. The third-order valence-corrected chi connectivity index (χ3v) is 2.75. The molecule has 4 N–H and O–H groups in total. The van der Waals surface area contributed by atoms with Gasteiger partial charge in [0.05, 0.1) is 12.1 Å². The molecule has 1 rings (SSSR count). The molecule has 0 aromatic heterocycles. The molecule has 1 aromatic carbocycles. The number of anilines is 2. The first kappa shape index (κ1) is 16.0. The monoisotopic (exact) mass is 294 g/mol. The molecular formula is C13H18N4O2S. The molecule has 0 unspecified atom stereocenters. The Morgan fingerprint density at radius 3 is 2.55 bits per heavy atom. The van der Waals surface area contributed by atoms with Crippen molar-refractivity contribution < 1.29 is 9.90 Å². The first-order valence-corrected chi connectivity index (χ1v) is 6.78. The van der Waals surface area contributed by atoms with E-state index in [1.165, 1.54) is 6.20 Å². The molecule has 0 saturated heterocycles. The minimum absolute atomic E-state index is 0.161. The lowest BCUT2D eigenvalue weighted by Crippen LogP contribution is -2.02. The number of rotatable bonds is 9. The number of carboxylic acid groups (broad SMARTS) is 1. The van der Waals surface area contributed by atoms with Crippen molar-refractivity contribution in [3.8, 4) is 0 Å². The maximum atomic E-state index is 10.5. The molecule has 0 aliphatic carbocycles. The van der Waals surface area contributed by atoms with E-state index in [9.17, 15) is 4.79 Å². The Bertz CT molecular complexity index is 474. The van der Waals surface area contributed by atoms with Gasteiger partial charge in [-0.25, -0.2) is 5.53 Å². The largest absolute Gasteiger partial charge is 0.481 e. The van der Waals surface area contributed by atoms with Gasteiger partial charge in [-0.05, 0) is 36.4 Å². The van der Waals surface area contributed by atoms with Crippen LogP contribution in [0, 0.1) is 5.53 Å². The highest BCUT2D eigenvalue weighted by molar-refractivity contribution is 7.80. The number of carboxylic acids is 1. The molecule has 0 saturated carbocycles. The van der Waals surface area contributed by atoms with Gasteiger partial charge in [-0.1, -0.05) is 0 Å². The molecule has 0 aliphatic heterocycles. The predicted octanol–water partition coefficient (Wildman–Crippen LogP) is 3.18. The standard InChI is InChI=1S/C13H18N4O2S/c14-17-12(8-13(18)19)9-16-11-4-2-10(3-5-11)15-6-1-7-20/h2-5,9,14-16,20H,1,6-8H2,(H,18,19)/b12-9-,17-14?. The van der Waals surface area contributed by atoms with E-state index in [1.54, 1.807) is 0 Å². The molecule has 6 nitrogen and oxygen atoms in total. The van der Waals surface area contributed by atoms with Crippen LogP contribution in [0.3, 0.4) is 0 Å². The normalized spacial score (nSPS) is 10.9. The second-order valence-corrected chi connectivity index (χ2v) is 4.49. The number of nitrogens with one attached hydrogen (secondary N) is 3. The van der Waals surface area contributed by atoms with E-state index in [2.05, 4.69) is 28.4 Å². The second kappa shape index (κ2) is 8.98. The number of hydrogen-bond donors (Lipinski definition) is 5. The molecule has 108 valence electrons. The molecule has 20 heavy (non-hydrogen) atoms. The summed E-state index contributed by atoms with van der Waals surface area (Å²) < 4.78 is 0. The summed E-state index contributed by atoms with van der Waals surface area (Å²) >= 11 is 4.14. The van der Waals surface area contributed by atoms with E-state index in [0.717, 1.165) is 30.1 Å². The lowest BCUT2D eigenvalue weighted by atomic mass is 10.2. The zero-order valence-electron chi connectivity index (χ0n) is 11.0. The summed E-state index contributed by atoms with van der Waals surface area (Å²) in [6.07, 6.45) is 2.14. The first-order valence-electron chi connectivity index (χ1n) is 6.15. The van der Waals surface area contributed by atoms with Gasteiger partial charge >= 0.3 is 5.97 Å². The van der Waals surface area contributed by atoms with Crippen molar-refractivity contribution in [3.05, 3.63) is 36.2 Å². The highest BCUT2D eigenvalue weighted by Crippen LogP contribution is 2.14. The smallest absolute Gasteiger partial charge is 0.309 e. The quantitative estimate of drug-likeness (QED) is 0.274. The summed E-state index contributed by atoms with van der Waals surface area (Å²) in [5.74, 6) is -0.168. The lowest BCUT2D eigenvalue weighted by Gasteiger charge is -2.07. The van der Waals surface area contributed by atoms with E-state index in [-0.39, 0.29) is 12.1 Å². The third kappa shape index (κ3) is 6.24. The zero-order chi connectivity index (χ0) is 14.8. The van der Waals surface area contributed by atoms with E-state index >= 15 is 0 Å². The Morgan fingerprint density at radius 1 is 1.35 bits per heavy atom. The summed E-state index contributed by atoms with van der Waals surface area (Å²) in [6.45, 7) is 0.872. The molecule has 7 heteroatoms. The summed E-state index contributed by atoms with van der Waals surface area (Å²) in [4.78, 5) is 10.5. The molecule has 0 atom stereocenters. The predicted molar refractivity (Wildman–Crippen MR) is 82.5 cm³/mol. The average molecular weight is 294 g/mol. The number of hydrogen-bond acceptors (Lipinski definition) is 6. The fourth-order valence-electron chi connectivity index (χ4n) is 1.44. The number of aliphatic carboxylic acids is 1. The minimum atomic E-state index is -1.02. The Kier molecular flexibility index (Phi) is 7.20. The molecule has 0 heterocycles. The Labute approximate surface area is 123 Å². The van der Waals surface area contributed by atoms with E-state index in [1.807, 2.05) is 24.3 Å². The Hall–Kier alpha value is -2.02. The van der Waals surface area contributed by atoms with Crippen LogP contribution in [0.5, 0.6) is 0 Å². The number of nitrogens with zero attached hydrogens (tertiary/aromatic N) is 1. The van der Waals surface area contributed by atoms with Gasteiger partial charge in [-0.2, -0.15) is 17.7 Å². The Morgan fingerprint density at radius 2 is 2.00 bits per heavy atom. The van der Waals surface area contributed by atoms with Crippen LogP contribution in [0.1, 0.15) is 12.8 Å².